The third-order valence-electron chi connectivity index (χ3n) is 2.98. The van der Waals surface area contributed by atoms with E-state index in [9.17, 15) is 4.79 Å². The van der Waals surface area contributed by atoms with Crippen LogP contribution in [0.5, 0.6) is 0 Å². The van der Waals surface area contributed by atoms with Crippen LogP contribution in [0.25, 0.3) is 0 Å². The quantitative estimate of drug-likeness (QED) is 0.575. The van der Waals surface area contributed by atoms with Crippen LogP contribution in [0.1, 0.15) is 19.3 Å². The summed E-state index contributed by atoms with van der Waals surface area (Å²) in [5, 5.41) is 14.2. The second-order valence-electron chi connectivity index (χ2n) is 3.79. The average Bonchev–Trinajstić information content (AvgIpc) is 2.74. The zero-order valence-electron chi connectivity index (χ0n) is 7.42. The van der Waals surface area contributed by atoms with Crippen LogP contribution in [0.15, 0.2) is 0 Å². The highest BCUT2D eigenvalue weighted by Crippen LogP contribution is 2.35. The Labute approximate surface area is 77.3 Å². The predicted molar refractivity (Wildman–Crippen MR) is 46.7 cm³/mol. The summed E-state index contributed by atoms with van der Waals surface area (Å²) < 4.78 is 0. The lowest BCUT2D eigenvalue weighted by Gasteiger charge is -2.21. The van der Waals surface area contributed by atoms with Crippen LogP contribution >= 0.6 is 0 Å². The molecule has 3 atom stereocenters. The van der Waals surface area contributed by atoms with Crippen molar-refractivity contribution in [3.63, 3.8) is 0 Å². The van der Waals surface area contributed by atoms with Gasteiger partial charge in [0, 0.05) is 6.04 Å². The Morgan fingerprint density at radius 2 is 2.46 bits per heavy atom. The van der Waals surface area contributed by atoms with E-state index in [4.69, 9.17) is 5.26 Å². The SMILES string of the molecule is N#CCNC(=O)C1NC2CCC1C2. The van der Waals surface area contributed by atoms with Gasteiger partial charge in [0.2, 0.25) is 5.91 Å². The Bertz CT molecular complexity index is 258. The summed E-state index contributed by atoms with van der Waals surface area (Å²) in [6.07, 6.45) is 3.49. The molecule has 2 aliphatic rings. The summed E-state index contributed by atoms with van der Waals surface area (Å²) in [6, 6.07) is 2.42. The number of amides is 1. The number of hydrogen-bond acceptors (Lipinski definition) is 3. The molecule has 3 unspecified atom stereocenters. The zero-order chi connectivity index (χ0) is 9.26. The number of hydrogen-bond donors (Lipinski definition) is 2. The molecule has 0 aromatic carbocycles. The predicted octanol–water partition coefficient (Wildman–Crippen LogP) is -0.233. The highest BCUT2D eigenvalue weighted by molar-refractivity contribution is 5.82. The molecule has 0 radical (unpaired) electrons. The van der Waals surface area contributed by atoms with Crippen molar-refractivity contribution in [1.29, 1.82) is 5.26 Å². The Morgan fingerprint density at radius 1 is 1.62 bits per heavy atom. The molecular weight excluding hydrogens is 166 g/mol. The van der Waals surface area contributed by atoms with Gasteiger partial charge in [-0.2, -0.15) is 5.26 Å². The molecule has 1 aliphatic carbocycles. The van der Waals surface area contributed by atoms with Crippen LogP contribution in [0, 0.1) is 17.2 Å². The molecule has 0 aromatic rings. The molecule has 1 saturated heterocycles. The summed E-state index contributed by atoms with van der Waals surface area (Å²) in [5.74, 6) is 0.498. The fraction of sp³-hybridized carbons (Fsp3) is 0.778. The maximum atomic E-state index is 11.5. The van der Waals surface area contributed by atoms with Crippen LogP contribution in [0.2, 0.25) is 0 Å². The number of piperidine rings is 1. The average molecular weight is 179 g/mol. The van der Waals surface area contributed by atoms with Gasteiger partial charge in [0.1, 0.15) is 6.54 Å². The van der Waals surface area contributed by atoms with E-state index in [2.05, 4.69) is 10.6 Å². The molecule has 4 nitrogen and oxygen atoms in total. The highest BCUT2D eigenvalue weighted by Gasteiger charge is 2.42. The van der Waals surface area contributed by atoms with Gasteiger partial charge in [-0.1, -0.05) is 0 Å². The van der Waals surface area contributed by atoms with Crippen LogP contribution in [0.3, 0.4) is 0 Å². The first kappa shape index (κ1) is 8.52. The Kier molecular flexibility index (Phi) is 2.19. The molecule has 2 rings (SSSR count). The standard InChI is InChI=1S/C9H13N3O/c10-3-4-11-9(13)8-6-1-2-7(5-6)12-8/h6-8,12H,1-2,4-5H2,(H,11,13). The van der Waals surface area contributed by atoms with Gasteiger partial charge in [-0.15, -0.1) is 0 Å². The topological polar surface area (TPSA) is 64.9 Å². The van der Waals surface area contributed by atoms with Gasteiger partial charge in [-0.25, -0.2) is 0 Å². The first-order valence-electron chi connectivity index (χ1n) is 4.72. The van der Waals surface area contributed by atoms with Crippen LogP contribution in [-0.2, 0) is 4.79 Å². The fourth-order valence-corrected chi connectivity index (χ4v) is 2.39. The second-order valence-corrected chi connectivity index (χ2v) is 3.79. The lowest BCUT2D eigenvalue weighted by molar-refractivity contribution is -0.123. The largest absolute Gasteiger partial charge is 0.342 e. The second kappa shape index (κ2) is 3.35. The van der Waals surface area contributed by atoms with Gasteiger partial charge >= 0.3 is 0 Å². The number of fused-ring (bicyclic) bond motifs is 2. The molecule has 2 bridgehead atoms. The van der Waals surface area contributed by atoms with Crippen LogP contribution in [0.4, 0.5) is 0 Å². The van der Waals surface area contributed by atoms with Crippen molar-refractivity contribution < 1.29 is 4.79 Å². The maximum Gasteiger partial charge on any atom is 0.238 e. The van der Waals surface area contributed by atoms with Gasteiger partial charge in [0.15, 0.2) is 0 Å². The van der Waals surface area contributed by atoms with E-state index in [0.717, 1.165) is 12.8 Å². The molecular formula is C9H13N3O. The third-order valence-corrected chi connectivity index (χ3v) is 2.98. The first-order valence-corrected chi connectivity index (χ1v) is 4.72. The zero-order valence-corrected chi connectivity index (χ0v) is 7.42. The lowest BCUT2D eigenvalue weighted by Crippen LogP contribution is -2.47. The summed E-state index contributed by atoms with van der Waals surface area (Å²) in [4.78, 5) is 11.5. The summed E-state index contributed by atoms with van der Waals surface area (Å²) >= 11 is 0. The Balaban J connectivity index is 1.88. The fourth-order valence-electron chi connectivity index (χ4n) is 2.39. The summed E-state index contributed by atoms with van der Waals surface area (Å²) in [5.41, 5.74) is 0. The van der Waals surface area contributed by atoms with Gasteiger partial charge in [0.05, 0.1) is 12.1 Å². The number of nitrogens with zero attached hydrogens (tertiary/aromatic N) is 1. The third kappa shape index (κ3) is 1.52. The number of carbonyl (C=O) groups excluding carboxylic acids is 1. The van der Waals surface area contributed by atoms with Crippen molar-refractivity contribution in [2.45, 2.75) is 31.3 Å². The van der Waals surface area contributed by atoms with E-state index >= 15 is 0 Å². The molecule has 13 heavy (non-hydrogen) atoms. The van der Waals surface area contributed by atoms with E-state index < -0.39 is 0 Å². The molecule has 4 heteroatoms. The minimum atomic E-state index is -0.0351. The van der Waals surface area contributed by atoms with Crippen molar-refractivity contribution in [1.82, 2.24) is 10.6 Å². The van der Waals surface area contributed by atoms with Crippen molar-refractivity contribution in [2.24, 2.45) is 5.92 Å². The summed E-state index contributed by atoms with van der Waals surface area (Å²) in [7, 11) is 0. The molecule has 1 heterocycles. The first-order chi connectivity index (χ1) is 6.31. The maximum absolute atomic E-state index is 11.5. The van der Waals surface area contributed by atoms with Gasteiger partial charge < -0.3 is 10.6 Å². The molecule has 1 aliphatic heterocycles. The molecule has 0 aromatic heterocycles. The molecule has 0 spiro atoms. The smallest absolute Gasteiger partial charge is 0.238 e. The van der Waals surface area contributed by atoms with E-state index in [0.29, 0.717) is 12.0 Å². The van der Waals surface area contributed by atoms with E-state index in [1.165, 1.54) is 6.42 Å². The van der Waals surface area contributed by atoms with Crippen molar-refractivity contribution in [2.75, 3.05) is 6.54 Å². The van der Waals surface area contributed by atoms with Crippen molar-refractivity contribution in [3.05, 3.63) is 0 Å². The van der Waals surface area contributed by atoms with E-state index in [1.54, 1.807) is 0 Å². The Hall–Kier alpha value is -1.08. The highest BCUT2D eigenvalue weighted by atomic mass is 16.2. The minimum Gasteiger partial charge on any atom is -0.342 e. The number of rotatable bonds is 2. The number of nitrogens with one attached hydrogen (secondary N) is 2. The molecule has 2 N–H and O–H groups in total. The normalized spacial score (nSPS) is 35.8. The lowest BCUT2D eigenvalue weighted by atomic mass is 9.99. The van der Waals surface area contributed by atoms with Crippen molar-refractivity contribution in [3.8, 4) is 6.07 Å². The number of nitriles is 1. The molecule has 1 saturated carbocycles. The van der Waals surface area contributed by atoms with Gasteiger partial charge in [0.25, 0.3) is 0 Å². The van der Waals surface area contributed by atoms with Crippen LogP contribution in [-0.4, -0.2) is 24.5 Å². The van der Waals surface area contributed by atoms with Gasteiger partial charge in [-0.05, 0) is 25.2 Å². The van der Waals surface area contributed by atoms with Crippen LogP contribution < -0.4 is 10.6 Å². The Morgan fingerprint density at radius 3 is 3.00 bits per heavy atom. The monoisotopic (exact) mass is 179 g/mol. The van der Waals surface area contributed by atoms with E-state index in [1.807, 2.05) is 6.07 Å². The van der Waals surface area contributed by atoms with Gasteiger partial charge in [-0.3, -0.25) is 4.79 Å². The van der Waals surface area contributed by atoms with Crippen molar-refractivity contribution >= 4 is 5.91 Å². The molecule has 2 fully saturated rings. The number of carbonyl (C=O) groups is 1. The molecule has 1 amide bonds. The van der Waals surface area contributed by atoms with E-state index in [-0.39, 0.29) is 18.5 Å². The summed E-state index contributed by atoms with van der Waals surface area (Å²) in [6.45, 7) is 0.119. The molecule has 70 valence electrons. The minimum absolute atomic E-state index is 0.00579.